The van der Waals surface area contributed by atoms with Gasteiger partial charge in [-0.25, -0.2) is 0 Å². The van der Waals surface area contributed by atoms with Gasteiger partial charge in [0, 0.05) is 24.1 Å². The van der Waals surface area contributed by atoms with E-state index in [9.17, 15) is 14.9 Å². The second kappa shape index (κ2) is 7.37. The summed E-state index contributed by atoms with van der Waals surface area (Å²) in [4.78, 5) is 24.7. The average Bonchev–Trinajstić information content (AvgIpc) is 2.90. The van der Waals surface area contributed by atoms with Crippen molar-refractivity contribution in [2.75, 3.05) is 13.7 Å². The fourth-order valence-electron chi connectivity index (χ4n) is 1.68. The van der Waals surface area contributed by atoms with Crippen LogP contribution in [0.25, 0.3) is 0 Å². The molecule has 0 unspecified atom stereocenters. The van der Waals surface area contributed by atoms with Crippen molar-refractivity contribution in [1.29, 1.82) is 0 Å². The van der Waals surface area contributed by atoms with Crippen LogP contribution in [0, 0.1) is 10.1 Å². The first-order valence-corrected chi connectivity index (χ1v) is 7.92. The van der Waals surface area contributed by atoms with Crippen LogP contribution in [0.5, 0.6) is 5.75 Å². The number of hydrogen-bond acceptors (Lipinski definition) is 5. The molecule has 1 aromatic heterocycles. The molecule has 0 fully saturated rings. The number of benzene rings is 1. The van der Waals surface area contributed by atoms with E-state index < -0.39 is 4.92 Å². The molecule has 116 valence electrons. The summed E-state index contributed by atoms with van der Waals surface area (Å²) in [7, 11) is 1.70. The maximum atomic E-state index is 12.0. The Labute approximate surface area is 139 Å². The number of nitrogens with zero attached hydrogens (tertiary/aromatic N) is 2. The van der Waals surface area contributed by atoms with Crippen molar-refractivity contribution in [2.45, 2.75) is 6.54 Å². The van der Waals surface area contributed by atoms with Crippen LogP contribution in [0.2, 0.25) is 0 Å². The third-order valence-corrected chi connectivity index (χ3v) is 4.47. The minimum atomic E-state index is -0.484. The summed E-state index contributed by atoms with van der Waals surface area (Å²) < 4.78 is 6.37. The fraction of sp³-hybridized carbons (Fsp3) is 0.214. The number of nitro groups is 1. The molecule has 8 heteroatoms. The van der Waals surface area contributed by atoms with Gasteiger partial charge in [0.25, 0.3) is 11.6 Å². The van der Waals surface area contributed by atoms with E-state index in [1.807, 2.05) is 12.1 Å². The van der Waals surface area contributed by atoms with Gasteiger partial charge >= 0.3 is 0 Å². The third-order valence-electron chi connectivity index (χ3n) is 2.86. The van der Waals surface area contributed by atoms with Crippen molar-refractivity contribution in [3.63, 3.8) is 0 Å². The SMILES string of the molecule is CN(Cc1ccc(Br)s1)C(=O)COc1ccc([N+](=O)[O-])cc1. The largest absolute Gasteiger partial charge is 0.484 e. The molecule has 1 heterocycles. The second-order valence-corrected chi connectivity index (χ2v) is 7.04. The molecule has 2 rings (SSSR count). The summed E-state index contributed by atoms with van der Waals surface area (Å²) in [6.45, 7) is 0.402. The van der Waals surface area contributed by atoms with Crippen molar-refractivity contribution in [3.8, 4) is 5.75 Å². The lowest BCUT2D eigenvalue weighted by Gasteiger charge is -2.16. The number of carbonyl (C=O) groups excluding carboxylic acids is 1. The Balaban J connectivity index is 1.85. The minimum Gasteiger partial charge on any atom is -0.484 e. The zero-order chi connectivity index (χ0) is 16.1. The molecule has 0 saturated carbocycles. The Morgan fingerprint density at radius 1 is 1.32 bits per heavy atom. The van der Waals surface area contributed by atoms with Crippen LogP contribution in [0.3, 0.4) is 0 Å². The molecular formula is C14H13BrN2O4S. The maximum Gasteiger partial charge on any atom is 0.269 e. The Bertz CT molecular complexity index is 672. The molecule has 0 bridgehead atoms. The van der Waals surface area contributed by atoms with Crippen LogP contribution in [-0.2, 0) is 11.3 Å². The van der Waals surface area contributed by atoms with Crippen molar-refractivity contribution in [1.82, 2.24) is 4.90 Å². The number of nitro benzene ring substituents is 1. The first-order chi connectivity index (χ1) is 10.5. The van der Waals surface area contributed by atoms with Gasteiger partial charge in [-0.1, -0.05) is 0 Å². The molecule has 0 spiro atoms. The van der Waals surface area contributed by atoms with E-state index in [-0.39, 0.29) is 18.2 Å². The van der Waals surface area contributed by atoms with Crippen molar-refractivity contribution < 1.29 is 14.5 Å². The number of halogens is 1. The molecule has 22 heavy (non-hydrogen) atoms. The topological polar surface area (TPSA) is 72.7 Å². The molecule has 6 nitrogen and oxygen atoms in total. The zero-order valence-corrected chi connectivity index (χ0v) is 14.1. The number of carbonyl (C=O) groups is 1. The molecule has 1 amide bonds. The Morgan fingerprint density at radius 3 is 2.55 bits per heavy atom. The summed E-state index contributed by atoms with van der Waals surface area (Å²) in [6.07, 6.45) is 0. The Kier molecular flexibility index (Phi) is 5.51. The molecule has 1 aromatic carbocycles. The predicted molar refractivity (Wildman–Crippen MR) is 87.1 cm³/mol. The maximum absolute atomic E-state index is 12.0. The predicted octanol–water partition coefficient (Wildman–Crippen LogP) is 3.46. The van der Waals surface area contributed by atoms with Crippen LogP contribution in [-0.4, -0.2) is 29.4 Å². The van der Waals surface area contributed by atoms with Gasteiger partial charge in [0.15, 0.2) is 6.61 Å². The minimum absolute atomic E-state index is 0.0148. The normalized spacial score (nSPS) is 10.3. The van der Waals surface area contributed by atoms with Gasteiger partial charge in [0.05, 0.1) is 15.3 Å². The van der Waals surface area contributed by atoms with Gasteiger partial charge in [-0.3, -0.25) is 14.9 Å². The second-order valence-electron chi connectivity index (χ2n) is 4.50. The quantitative estimate of drug-likeness (QED) is 0.564. The molecule has 0 aliphatic rings. The summed E-state index contributed by atoms with van der Waals surface area (Å²) >= 11 is 4.95. The summed E-state index contributed by atoms with van der Waals surface area (Å²) in [5, 5.41) is 10.5. The van der Waals surface area contributed by atoms with E-state index >= 15 is 0 Å². The monoisotopic (exact) mass is 384 g/mol. The number of ether oxygens (including phenoxy) is 1. The van der Waals surface area contributed by atoms with Crippen LogP contribution in [0.4, 0.5) is 5.69 Å². The molecular weight excluding hydrogens is 372 g/mol. The van der Waals surface area contributed by atoms with Crippen LogP contribution >= 0.6 is 27.3 Å². The molecule has 0 saturated heterocycles. The van der Waals surface area contributed by atoms with Gasteiger partial charge in [0.1, 0.15) is 5.75 Å². The molecule has 0 atom stereocenters. The lowest BCUT2D eigenvalue weighted by atomic mass is 10.3. The first kappa shape index (κ1) is 16.4. The molecule has 2 aromatic rings. The van der Waals surface area contributed by atoms with E-state index in [1.165, 1.54) is 24.3 Å². The smallest absolute Gasteiger partial charge is 0.269 e. The number of rotatable bonds is 6. The highest BCUT2D eigenvalue weighted by molar-refractivity contribution is 9.11. The van der Waals surface area contributed by atoms with Gasteiger partial charge in [-0.15, -0.1) is 11.3 Å². The van der Waals surface area contributed by atoms with Crippen LogP contribution < -0.4 is 4.74 Å². The highest BCUT2D eigenvalue weighted by atomic mass is 79.9. The van der Waals surface area contributed by atoms with Crippen LogP contribution in [0.1, 0.15) is 4.88 Å². The van der Waals surface area contributed by atoms with Crippen molar-refractivity contribution in [3.05, 3.63) is 55.2 Å². The lowest BCUT2D eigenvalue weighted by molar-refractivity contribution is -0.384. The lowest BCUT2D eigenvalue weighted by Crippen LogP contribution is -2.30. The highest BCUT2D eigenvalue weighted by Gasteiger charge is 2.12. The number of non-ortho nitro benzene ring substituents is 1. The van der Waals surface area contributed by atoms with Gasteiger partial charge in [-0.05, 0) is 40.2 Å². The Hall–Kier alpha value is -1.93. The number of amides is 1. The van der Waals surface area contributed by atoms with E-state index in [0.717, 1.165) is 8.66 Å². The fourth-order valence-corrected chi connectivity index (χ4v) is 3.21. The molecule has 0 aliphatic carbocycles. The van der Waals surface area contributed by atoms with Crippen molar-refractivity contribution >= 4 is 38.9 Å². The number of thiophene rings is 1. The van der Waals surface area contributed by atoms with E-state index in [2.05, 4.69) is 15.9 Å². The van der Waals surface area contributed by atoms with Gasteiger partial charge in [0.2, 0.25) is 0 Å². The summed E-state index contributed by atoms with van der Waals surface area (Å²) in [6, 6.07) is 9.52. The van der Waals surface area contributed by atoms with Gasteiger partial charge in [-0.2, -0.15) is 0 Å². The first-order valence-electron chi connectivity index (χ1n) is 6.31. The van der Waals surface area contributed by atoms with E-state index in [0.29, 0.717) is 12.3 Å². The van der Waals surface area contributed by atoms with Crippen molar-refractivity contribution in [2.24, 2.45) is 0 Å². The molecule has 0 aliphatic heterocycles. The number of likely N-dealkylation sites (N-methyl/N-ethyl adjacent to an activating group) is 1. The van der Waals surface area contributed by atoms with Gasteiger partial charge < -0.3 is 9.64 Å². The van der Waals surface area contributed by atoms with Crippen LogP contribution in [0.15, 0.2) is 40.2 Å². The molecule has 0 N–H and O–H groups in total. The third kappa shape index (κ3) is 4.54. The number of hydrogen-bond donors (Lipinski definition) is 0. The molecule has 0 radical (unpaired) electrons. The van der Waals surface area contributed by atoms with E-state index in [4.69, 9.17) is 4.74 Å². The standard InChI is InChI=1S/C14H13BrN2O4S/c1-16(8-12-6-7-13(15)22-12)14(18)9-21-11-4-2-10(3-5-11)17(19)20/h2-7H,8-9H2,1H3. The summed E-state index contributed by atoms with van der Waals surface area (Å²) in [5.41, 5.74) is -0.0148. The zero-order valence-electron chi connectivity index (χ0n) is 11.7. The van der Waals surface area contributed by atoms with E-state index in [1.54, 1.807) is 23.3 Å². The Morgan fingerprint density at radius 2 is 2.00 bits per heavy atom. The summed E-state index contributed by atoms with van der Waals surface area (Å²) in [5.74, 6) is 0.258. The highest BCUT2D eigenvalue weighted by Crippen LogP contribution is 2.23. The average molecular weight is 385 g/mol.